The van der Waals surface area contributed by atoms with Crippen LogP contribution in [0, 0.1) is 9.54 Å². The Labute approximate surface area is 282 Å². The summed E-state index contributed by atoms with van der Waals surface area (Å²) in [5, 5.41) is 1.25. The molecule has 3 rings (SSSR count). The first-order valence-electron chi connectivity index (χ1n) is 15.7. The fourth-order valence-corrected chi connectivity index (χ4v) is 6.29. The highest BCUT2D eigenvalue weighted by Gasteiger charge is 2.15. The minimum atomic E-state index is 0.447. The highest BCUT2D eigenvalue weighted by Crippen LogP contribution is 2.31. The molecular formula is C30H48N10S4. The molecule has 0 fully saturated rings. The Morgan fingerprint density at radius 3 is 1.18 bits per heavy atom. The third-order valence-electron chi connectivity index (χ3n) is 6.97. The minimum Gasteiger partial charge on any atom is -0.342 e. The van der Waals surface area contributed by atoms with Gasteiger partial charge in [0, 0.05) is 75.5 Å². The Morgan fingerprint density at radius 2 is 0.886 bits per heavy atom. The van der Waals surface area contributed by atoms with Gasteiger partial charge in [0.2, 0.25) is 31.8 Å². The summed E-state index contributed by atoms with van der Waals surface area (Å²) in [6.07, 6.45) is 8.96. The van der Waals surface area contributed by atoms with Gasteiger partial charge in [0.15, 0.2) is 0 Å². The van der Waals surface area contributed by atoms with Gasteiger partial charge in [-0.15, -0.1) is 0 Å². The molecule has 0 bridgehead atoms. The average molecular weight is 677 g/mol. The second-order valence-electron chi connectivity index (χ2n) is 10.6. The number of nitrogens with one attached hydrogen (secondary N) is 2. The van der Waals surface area contributed by atoms with Crippen LogP contribution >= 0.6 is 48.3 Å². The molecule has 2 aromatic heterocycles. The summed E-state index contributed by atoms with van der Waals surface area (Å²) >= 11 is 13.9. The van der Waals surface area contributed by atoms with Gasteiger partial charge in [0.1, 0.15) is 0 Å². The molecule has 14 heteroatoms. The average Bonchev–Trinajstić information content (AvgIpc) is 3.00. The lowest BCUT2D eigenvalue weighted by atomic mass is 10.3. The van der Waals surface area contributed by atoms with Crippen molar-refractivity contribution in [3.8, 4) is 0 Å². The standard InChI is InChI=1S/C30H48N10S4/c1-7-11-19-39(20-12-8-2)25-31-27(41)35-29(33-25)43-37(5)23-15-17-24(18-16-23)38(6)44-30-34-26(32-28(42)36-30)40(21-13-9-3)22-14-10-4/h15-18H,7-14,19-22H2,1-6H3,(H,31,33,35,41)(H,32,34,36,42). The second kappa shape index (κ2) is 19.2. The first kappa shape index (κ1) is 36.1. The monoisotopic (exact) mass is 676 g/mol. The predicted octanol–water partition coefficient (Wildman–Crippen LogP) is 8.48. The van der Waals surface area contributed by atoms with Crippen molar-refractivity contribution in [3.05, 3.63) is 33.8 Å². The topological polar surface area (TPSA) is 96.1 Å². The van der Waals surface area contributed by atoms with Crippen LogP contribution in [0.5, 0.6) is 0 Å². The van der Waals surface area contributed by atoms with Gasteiger partial charge in [0.05, 0.1) is 0 Å². The van der Waals surface area contributed by atoms with Crippen LogP contribution in [-0.2, 0) is 0 Å². The van der Waals surface area contributed by atoms with Crippen LogP contribution in [0.3, 0.4) is 0 Å². The SMILES string of the molecule is CCCCN(CCCC)c1nc(SN(C)c2ccc(N(C)Sc3nc(N(CCCC)CCCC)[nH]c(=S)n3)cc2)nc(=S)[nH]1. The minimum absolute atomic E-state index is 0.447. The highest BCUT2D eigenvalue weighted by atomic mass is 32.2. The normalized spacial score (nSPS) is 11.0. The molecule has 0 saturated carbocycles. The van der Waals surface area contributed by atoms with Crippen molar-refractivity contribution in [3.63, 3.8) is 0 Å². The van der Waals surface area contributed by atoms with Gasteiger partial charge in [-0.05, 0) is 74.4 Å². The van der Waals surface area contributed by atoms with Crippen molar-refractivity contribution in [2.45, 2.75) is 89.4 Å². The zero-order chi connectivity index (χ0) is 31.9. The quantitative estimate of drug-likeness (QED) is 0.0888. The molecule has 0 radical (unpaired) electrons. The van der Waals surface area contributed by atoms with Crippen LogP contribution in [0.2, 0.25) is 0 Å². The third kappa shape index (κ3) is 11.5. The van der Waals surface area contributed by atoms with E-state index >= 15 is 0 Å². The third-order valence-corrected chi connectivity index (χ3v) is 9.02. The molecule has 0 saturated heterocycles. The number of aromatic nitrogens is 6. The Hall–Kier alpha value is -2.42. The number of benzene rings is 1. The predicted molar refractivity (Wildman–Crippen MR) is 193 cm³/mol. The number of hydrogen-bond acceptors (Lipinski definition) is 12. The summed E-state index contributed by atoms with van der Waals surface area (Å²) in [6.45, 7) is 12.6. The maximum absolute atomic E-state index is 5.47. The molecule has 0 unspecified atom stereocenters. The van der Waals surface area contributed by atoms with E-state index in [2.05, 4.69) is 90.3 Å². The number of H-pyrrole nitrogens is 2. The molecule has 2 heterocycles. The number of nitrogens with zero attached hydrogens (tertiary/aromatic N) is 8. The summed E-state index contributed by atoms with van der Waals surface area (Å²) < 4.78 is 5.01. The molecule has 242 valence electrons. The second-order valence-corrected chi connectivity index (χ2v) is 13.6. The number of aromatic amines is 2. The van der Waals surface area contributed by atoms with Crippen molar-refractivity contribution in [2.24, 2.45) is 0 Å². The van der Waals surface area contributed by atoms with E-state index < -0.39 is 0 Å². The van der Waals surface area contributed by atoms with E-state index in [1.54, 1.807) is 0 Å². The van der Waals surface area contributed by atoms with Crippen LogP contribution < -0.4 is 18.4 Å². The van der Waals surface area contributed by atoms with Gasteiger partial charge in [0.25, 0.3) is 0 Å². The molecule has 0 spiro atoms. The fourth-order valence-electron chi connectivity index (χ4n) is 4.36. The van der Waals surface area contributed by atoms with Crippen LogP contribution in [0.4, 0.5) is 23.3 Å². The molecule has 0 atom stereocenters. The number of anilines is 4. The lowest BCUT2D eigenvalue weighted by Crippen LogP contribution is -2.28. The molecule has 10 nitrogen and oxygen atoms in total. The number of hydrogen-bond donors (Lipinski definition) is 2. The Morgan fingerprint density at radius 1 is 0.568 bits per heavy atom. The zero-order valence-corrected chi connectivity index (χ0v) is 30.3. The molecule has 44 heavy (non-hydrogen) atoms. The molecule has 0 amide bonds. The van der Waals surface area contributed by atoms with Crippen molar-refractivity contribution in [1.82, 2.24) is 29.9 Å². The van der Waals surface area contributed by atoms with Crippen molar-refractivity contribution in [2.75, 3.05) is 58.7 Å². The van der Waals surface area contributed by atoms with Crippen LogP contribution in [-0.4, -0.2) is 70.2 Å². The molecular weight excluding hydrogens is 629 g/mol. The highest BCUT2D eigenvalue weighted by molar-refractivity contribution is 8.00. The smallest absolute Gasteiger partial charge is 0.214 e. The van der Waals surface area contributed by atoms with Gasteiger partial charge in [-0.3, -0.25) is 0 Å². The van der Waals surface area contributed by atoms with Gasteiger partial charge in [-0.2, -0.15) is 19.9 Å². The summed E-state index contributed by atoms with van der Waals surface area (Å²) in [5.74, 6) is 1.59. The van der Waals surface area contributed by atoms with E-state index in [4.69, 9.17) is 34.4 Å². The Kier molecular flexibility index (Phi) is 15.7. The summed E-state index contributed by atoms with van der Waals surface area (Å²) in [4.78, 5) is 29.6. The summed E-state index contributed by atoms with van der Waals surface area (Å²) in [6, 6.07) is 8.33. The summed E-state index contributed by atoms with van der Waals surface area (Å²) in [7, 11) is 4.02. The van der Waals surface area contributed by atoms with Gasteiger partial charge < -0.3 is 28.4 Å². The van der Waals surface area contributed by atoms with Crippen molar-refractivity contribution < 1.29 is 0 Å². The van der Waals surface area contributed by atoms with Crippen LogP contribution in [0.1, 0.15) is 79.1 Å². The van der Waals surface area contributed by atoms with Crippen molar-refractivity contribution in [1.29, 1.82) is 0 Å². The maximum atomic E-state index is 5.47. The van der Waals surface area contributed by atoms with Gasteiger partial charge in [-0.1, -0.05) is 53.4 Å². The lowest BCUT2D eigenvalue weighted by molar-refractivity contribution is 0.653. The molecule has 1 aromatic carbocycles. The van der Waals surface area contributed by atoms with Crippen molar-refractivity contribution >= 4 is 71.6 Å². The largest absolute Gasteiger partial charge is 0.342 e. The molecule has 3 aromatic rings. The lowest BCUT2D eigenvalue weighted by Gasteiger charge is -2.24. The number of unbranched alkanes of at least 4 members (excludes halogenated alkanes) is 4. The number of rotatable bonds is 20. The van der Waals surface area contributed by atoms with E-state index in [1.165, 1.54) is 23.9 Å². The molecule has 2 N–H and O–H groups in total. The summed E-state index contributed by atoms with van der Waals surface area (Å²) in [5.41, 5.74) is 2.05. The molecule has 0 aliphatic rings. The van der Waals surface area contributed by atoms with Crippen LogP contribution in [0.15, 0.2) is 34.6 Å². The van der Waals surface area contributed by atoms with E-state index in [0.717, 1.165) is 101 Å². The molecule has 0 aliphatic heterocycles. The van der Waals surface area contributed by atoms with Gasteiger partial charge >= 0.3 is 0 Å². The van der Waals surface area contributed by atoms with Crippen LogP contribution in [0.25, 0.3) is 0 Å². The van der Waals surface area contributed by atoms with E-state index in [1.807, 2.05) is 14.1 Å². The van der Waals surface area contributed by atoms with Gasteiger partial charge in [-0.25, -0.2) is 0 Å². The molecule has 0 aliphatic carbocycles. The maximum Gasteiger partial charge on any atom is 0.214 e. The van der Waals surface area contributed by atoms with E-state index in [0.29, 0.717) is 19.9 Å². The Balaban J connectivity index is 1.70. The van der Waals surface area contributed by atoms with E-state index in [-0.39, 0.29) is 0 Å². The fraction of sp³-hybridized carbons (Fsp3) is 0.600. The zero-order valence-electron chi connectivity index (χ0n) is 27.0. The first-order valence-corrected chi connectivity index (χ1v) is 18.0. The van der Waals surface area contributed by atoms with E-state index in [9.17, 15) is 0 Å². The first-order chi connectivity index (χ1) is 21.3. The Bertz CT molecular complexity index is 1260.